The second-order valence-corrected chi connectivity index (χ2v) is 11.0. The van der Waals surface area contributed by atoms with E-state index in [9.17, 15) is 0 Å². The van der Waals surface area contributed by atoms with Crippen LogP contribution < -0.4 is 20.4 Å². The van der Waals surface area contributed by atoms with Crippen LogP contribution in [0.1, 0.15) is 26.7 Å². The van der Waals surface area contributed by atoms with Crippen LogP contribution >= 0.6 is 11.6 Å². The molecule has 0 aromatic carbocycles. The molecule has 0 amide bonds. The van der Waals surface area contributed by atoms with Crippen LogP contribution in [0, 0.1) is 0 Å². The van der Waals surface area contributed by atoms with E-state index in [4.69, 9.17) is 21.6 Å². The number of nitrogens with zero attached hydrogens (tertiary/aromatic N) is 8. The number of halogens is 1. The third-order valence-corrected chi connectivity index (χ3v) is 8.34. The molecule has 39 heavy (non-hydrogen) atoms. The van der Waals surface area contributed by atoms with Gasteiger partial charge in [-0.05, 0) is 44.9 Å². The van der Waals surface area contributed by atoms with E-state index >= 15 is 0 Å². The highest BCUT2D eigenvalue weighted by Crippen LogP contribution is 2.39. The van der Waals surface area contributed by atoms with Crippen molar-refractivity contribution in [1.29, 1.82) is 0 Å². The van der Waals surface area contributed by atoms with Crippen molar-refractivity contribution < 1.29 is 0 Å². The molecular formula is C28H33ClN10. The van der Waals surface area contributed by atoms with Gasteiger partial charge in [-0.25, -0.2) is 9.97 Å². The van der Waals surface area contributed by atoms with Gasteiger partial charge in [0.1, 0.15) is 0 Å². The molecule has 0 spiro atoms. The fourth-order valence-corrected chi connectivity index (χ4v) is 6.17. The molecule has 202 valence electrons. The highest BCUT2D eigenvalue weighted by Gasteiger charge is 2.32. The molecule has 8 rings (SSSR count). The predicted molar refractivity (Wildman–Crippen MR) is 156 cm³/mol. The summed E-state index contributed by atoms with van der Waals surface area (Å²) in [6.07, 6.45) is 10.1. The van der Waals surface area contributed by atoms with Gasteiger partial charge in [0.05, 0.1) is 40.2 Å². The second-order valence-electron chi connectivity index (χ2n) is 10.6. The van der Waals surface area contributed by atoms with Gasteiger partial charge in [0.2, 0.25) is 0 Å². The van der Waals surface area contributed by atoms with Crippen molar-refractivity contribution in [3.05, 3.63) is 48.0 Å². The number of aryl methyl sites for hydroxylation is 2. The summed E-state index contributed by atoms with van der Waals surface area (Å²) in [5.74, 6) is 1.97. The summed E-state index contributed by atoms with van der Waals surface area (Å²) in [6, 6.07) is 7.37. The minimum atomic E-state index is 0.516. The van der Waals surface area contributed by atoms with Gasteiger partial charge in [-0.1, -0.05) is 11.6 Å². The van der Waals surface area contributed by atoms with Crippen LogP contribution in [0.4, 0.5) is 23.0 Å². The summed E-state index contributed by atoms with van der Waals surface area (Å²) in [7, 11) is 0. The average molecular weight is 545 g/mol. The Morgan fingerprint density at radius 3 is 2.10 bits per heavy atom. The Morgan fingerprint density at radius 1 is 0.821 bits per heavy atom. The first-order chi connectivity index (χ1) is 19.1. The first-order valence-corrected chi connectivity index (χ1v) is 14.3. The average Bonchev–Trinajstić information content (AvgIpc) is 3.76. The lowest BCUT2D eigenvalue weighted by molar-refractivity contribution is 0.660. The number of nitrogens with one attached hydrogen (secondary N) is 2. The summed E-state index contributed by atoms with van der Waals surface area (Å²) < 4.78 is 3.81. The zero-order valence-electron chi connectivity index (χ0n) is 22.3. The maximum absolute atomic E-state index is 6.43. The molecule has 8 heterocycles. The standard InChI is InChI=1S/C14H16ClN5.C14H17N5/c1-2-20-7-9(6-16-20)13-11(15)5-12-14(18-13)17-10-3-4-19(12)8-10;1-2-19-8-10(7-15-19)12-3-4-13-14(17-12)16-11-5-6-18(13)9-11/h5-7,10H,2-4,8H2,1H3,(H,17,18);3-4,7-8,11H,2,5-6,9H2,1H3,(H,16,17)/t10-;11-/m00/s1. The van der Waals surface area contributed by atoms with E-state index in [1.807, 2.05) is 40.2 Å². The summed E-state index contributed by atoms with van der Waals surface area (Å²) in [6.45, 7) is 10.3. The van der Waals surface area contributed by atoms with Crippen molar-refractivity contribution in [3.8, 4) is 22.5 Å². The maximum Gasteiger partial charge on any atom is 0.150 e. The van der Waals surface area contributed by atoms with Crippen molar-refractivity contribution in [2.45, 2.75) is 51.9 Å². The number of hydrogen-bond donors (Lipinski definition) is 2. The highest BCUT2D eigenvalue weighted by molar-refractivity contribution is 6.33. The van der Waals surface area contributed by atoms with Gasteiger partial charge in [-0.3, -0.25) is 9.36 Å². The molecule has 2 saturated heterocycles. The van der Waals surface area contributed by atoms with Gasteiger partial charge in [0.25, 0.3) is 0 Å². The molecule has 0 unspecified atom stereocenters. The molecule has 4 aromatic rings. The lowest BCUT2D eigenvalue weighted by Crippen LogP contribution is -2.32. The van der Waals surface area contributed by atoms with Crippen LogP contribution in [0.15, 0.2) is 43.0 Å². The number of anilines is 4. The SMILES string of the molecule is CCn1cc(-c2ccc3c(n2)N[C@H]2CCN3C2)cn1.CCn1cc(-c2nc3c(cc2Cl)N2CC[C@@H](C2)N3)cn1. The van der Waals surface area contributed by atoms with E-state index < -0.39 is 0 Å². The van der Waals surface area contributed by atoms with Gasteiger partial charge in [0.15, 0.2) is 11.6 Å². The largest absolute Gasteiger partial charge is 0.366 e. The maximum atomic E-state index is 6.43. The van der Waals surface area contributed by atoms with Crippen LogP contribution in [0.5, 0.6) is 0 Å². The fourth-order valence-electron chi connectivity index (χ4n) is 5.91. The Kier molecular flexibility index (Phi) is 6.07. The Hall–Kier alpha value is -3.79. The molecule has 0 aliphatic carbocycles. The van der Waals surface area contributed by atoms with Crippen LogP contribution in [0.3, 0.4) is 0 Å². The third kappa shape index (κ3) is 4.46. The first-order valence-electron chi connectivity index (χ1n) is 13.9. The van der Waals surface area contributed by atoms with E-state index in [0.717, 1.165) is 85.5 Å². The van der Waals surface area contributed by atoms with Gasteiger partial charge in [-0.15, -0.1) is 0 Å². The third-order valence-electron chi connectivity index (χ3n) is 8.05. The zero-order chi connectivity index (χ0) is 26.5. The minimum Gasteiger partial charge on any atom is -0.366 e. The van der Waals surface area contributed by atoms with E-state index in [1.165, 1.54) is 12.1 Å². The van der Waals surface area contributed by atoms with Crippen LogP contribution in [-0.4, -0.2) is 67.8 Å². The lowest BCUT2D eigenvalue weighted by Gasteiger charge is -2.28. The Bertz CT molecular complexity index is 1510. The molecule has 2 fully saturated rings. The van der Waals surface area contributed by atoms with Gasteiger partial charge < -0.3 is 20.4 Å². The number of fused-ring (bicyclic) bond motifs is 8. The van der Waals surface area contributed by atoms with Crippen molar-refractivity contribution in [2.24, 2.45) is 0 Å². The van der Waals surface area contributed by atoms with Crippen molar-refractivity contribution in [2.75, 3.05) is 46.6 Å². The molecule has 11 heteroatoms. The minimum absolute atomic E-state index is 0.516. The van der Waals surface area contributed by atoms with Crippen molar-refractivity contribution >= 4 is 34.6 Å². The first kappa shape index (κ1) is 24.3. The molecule has 2 atom stereocenters. The molecular weight excluding hydrogens is 512 g/mol. The Balaban J connectivity index is 0.000000130. The summed E-state index contributed by atoms with van der Waals surface area (Å²) in [5.41, 5.74) is 6.21. The zero-order valence-corrected chi connectivity index (χ0v) is 23.1. The quantitative estimate of drug-likeness (QED) is 0.385. The topological polar surface area (TPSA) is 92.0 Å². The smallest absolute Gasteiger partial charge is 0.150 e. The summed E-state index contributed by atoms with van der Waals surface area (Å²) in [5, 5.41) is 16.3. The predicted octanol–water partition coefficient (Wildman–Crippen LogP) is 4.59. The van der Waals surface area contributed by atoms with Gasteiger partial charge in [0, 0.05) is 74.9 Å². The lowest BCUT2D eigenvalue weighted by atomic mass is 10.2. The number of aromatic nitrogens is 6. The Labute approximate surface area is 233 Å². The monoisotopic (exact) mass is 544 g/mol. The van der Waals surface area contributed by atoms with Gasteiger partial charge >= 0.3 is 0 Å². The molecule has 0 radical (unpaired) electrons. The van der Waals surface area contributed by atoms with E-state index in [-0.39, 0.29) is 0 Å². The van der Waals surface area contributed by atoms with Crippen LogP contribution in [0.2, 0.25) is 5.02 Å². The molecule has 0 saturated carbocycles. The van der Waals surface area contributed by atoms with Gasteiger partial charge in [-0.2, -0.15) is 10.2 Å². The number of rotatable bonds is 4. The number of pyridine rings is 2. The fraction of sp³-hybridized carbons (Fsp3) is 0.429. The van der Waals surface area contributed by atoms with Crippen molar-refractivity contribution in [3.63, 3.8) is 0 Å². The molecule has 4 aliphatic rings. The highest BCUT2D eigenvalue weighted by atomic mass is 35.5. The molecule has 4 bridgehead atoms. The van der Waals surface area contributed by atoms with Crippen molar-refractivity contribution in [1.82, 2.24) is 29.5 Å². The normalized spacial score (nSPS) is 20.1. The molecule has 10 nitrogen and oxygen atoms in total. The van der Waals surface area contributed by atoms with Crippen LogP contribution in [-0.2, 0) is 13.1 Å². The van der Waals surface area contributed by atoms with E-state index in [0.29, 0.717) is 17.1 Å². The van der Waals surface area contributed by atoms with Crippen LogP contribution in [0.25, 0.3) is 22.5 Å². The summed E-state index contributed by atoms with van der Waals surface area (Å²) in [4.78, 5) is 14.3. The Morgan fingerprint density at radius 2 is 1.44 bits per heavy atom. The molecule has 4 aromatic heterocycles. The second kappa shape index (κ2) is 9.75. The number of hydrogen-bond acceptors (Lipinski definition) is 8. The van der Waals surface area contributed by atoms with E-state index in [2.05, 4.69) is 56.6 Å². The summed E-state index contributed by atoms with van der Waals surface area (Å²) >= 11 is 6.43. The molecule has 2 N–H and O–H groups in total. The molecule has 4 aliphatic heterocycles. The van der Waals surface area contributed by atoms with E-state index in [1.54, 1.807) is 0 Å².